The number of fused-ring (bicyclic) bond motifs is 1. The van der Waals surface area contributed by atoms with Crippen LogP contribution in [0.4, 0.5) is 5.95 Å². The molecule has 2 aromatic rings. The monoisotopic (exact) mass is 205 g/mol. The lowest BCUT2D eigenvalue weighted by Gasteiger charge is -2.06. The van der Waals surface area contributed by atoms with E-state index in [0.717, 1.165) is 10.9 Å². The number of nitrogen functional groups attached to an aromatic ring is 1. The summed E-state index contributed by atoms with van der Waals surface area (Å²) in [7, 11) is 0. The first-order valence-electron chi connectivity index (χ1n) is 4.57. The normalized spacial score (nSPS) is 10.5. The van der Waals surface area contributed by atoms with E-state index in [1.54, 1.807) is 0 Å². The molecule has 3 N–H and O–H groups in total. The van der Waals surface area contributed by atoms with Gasteiger partial charge in [-0.25, -0.2) is 4.98 Å². The summed E-state index contributed by atoms with van der Waals surface area (Å²) in [6.45, 7) is 0.138. The van der Waals surface area contributed by atoms with Crippen LogP contribution in [0, 0.1) is 0 Å². The number of nitrogens with two attached hydrogens (primary N) is 1. The van der Waals surface area contributed by atoms with Gasteiger partial charge >= 0.3 is 0 Å². The Bertz CT molecular complexity index is 473. The third kappa shape index (κ3) is 1.97. The molecule has 0 saturated carbocycles. The van der Waals surface area contributed by atoms with E-state index in [-0.39, 0.29) is 19.2 Å². The van der Waals surface area contributed by atoms with E-state index >= 15 is 0 Å². The number of para-hydroxylation sites is 1. The van der Waals surface area contributed by atoms with Gasteiger partial charge in [0.15, 0.2) is 0 Å². The minimum Gasteiger partial charge on any atom is -0.475 e. The Labute approximate surface area is 86.5 Å². The van der Waals surface area contributed by atoms with E-state index in [9.17, 15) is 0 Å². The zero-order valence-corrected chi connectivity index (χ0v) is 8.05. The molecule has 0 unspecified atom stereocenters. The number of nitrogens with zero attached hydrogens (tertiary/aromatic N) is 2. The highest BCUT2D eigenvalue weighted by Crippen LogP contribution is 2.22. The Hall–Kier alpha value is -1.88. The number of rotatable bonds is 3. The first-order valence-corrected chi connectivity index (χ1v) is 4.57. The van der Waals surface area contributed by atoms with Crippen molar-refractivity contribution in [2.45, 2.75) is 0 Å². The molecule has 0 aliphatic heterocycles. The van der Waals surface area contributed by atoms with Crippen molar-refractivity contribution >= 4 is 16.9 Å². The Morgan fingerprint density at radius 1 is 1.27 bits per heavy atom. The van der Waals surface area contributed by atoms with E-state index < -0.39 is 0 Å². The number of aromatic nitrogens is 2. The van der Waals surface area contributed by atoms with Gasteiger partial charge in [-0.2, -0.15) is 4.98 Å². The number of hydrogen-bond acceptors (Lipinski definition) is 5. The van der Waals surface area contributed by atoms with E-state index in [2.05, 4.69) is 9.97 Å². The first-order chi connectivity index (χ1) is 7.31. The van der Waals surface area contributed by atoms with Crippen molar-refractivity contribution in [1.82, 2.24) is 9.97 Å². The zero-order valence-electron chi connectivity index (χ0n) is 8.05. The molecule has 0 atom stereocenters. The van der Waals surface area contributed by atoms with Gasteiger partial charge in [0, 0.05) is 0 Å². The summed E-state index contributed by atoms with van der Waals surface area (Å²) in [5.74, 6) is 0.578. The molecule has 0 spiro atoms. The lowest BCUT2D eigenvalue weighted by Crippen LogP contribution is -2.05. The van der Waals surface area contributed by atoms with Crippen LogP contribution in [0.1, 0.15) is 0 Å². The molecule has 0 radical (unpaired) electrons. The molecular formula is C10H11N3O2. The van der Waals surface area contributed by atoms with Gasteiger partial charge in [-0.05, 0) is 12.1 Å². The maximum absolute atomic E-state index is 8.67. The molecule has 1 aromatic carbocycles. The van der Waals surface area contributed by atoms with E-state index in [1.165, 1.54) is 0 Å². The van der Waals surface area contributed by atoms with Crippen LogP contribution in [0.25, 0.3) is 10.9 Å². The highest BCUT2D eigenvalue weighted by atomic mass is 16.5. The van der Waals surface area contributed by atoms with Gasteiger partial charge in [-0.3, -0.25) is 0 Å². The zero-order chi connectivity index (χ0) is 10.7. The molecule has 5 heteroatoms. The fourth-order valence-corrected chi connectivity index (χ4v) is 1.32. The van der Waals surface area contributed by atoms with Crippen LogP contribution in [-0.4, -0.2) is 28.3 Å². The Kier molecular flexibility index (Phi) is 2.64. The summed E-state index contributed by atoms with van der Waals surface area (Å²) in [6.07, 6.45) is 0. The number of benzene rings is 1. The molecule has 0 fully saturated rings. The van der Waals surface area contributed by atoms with Gasteiger partial charge in [0.2, 0.25) is 11.8 Å². The maximum atomic E-state index is 8.67. The molecule has 0 bridgehead atoms. The number of hydrogen-bond donors (Lipinski definition) is 2. The van der Waals surface area contributed by atoms with E-state index in [4.69, 9.17) is 15.6 Å². The van der Waals surface area contributed by atoms with Crippen LogP contribution in [0.3, 0.4) is 0 Å². The van der Waals surface area contributed by atoms with Crippen molar-refractivity contribution in [3.8, 4) is 5.88 Å². The highest BCUT2D eigenvalue weighted by Gasteiger charge is 2.05. The average molecular weight is 205 g/mol. The van der Waals surface area contributed by atoms with Gasteiger partial charge in [0.25, 0.3) is 0 Å². The summed E-state index contributed by atoms with van der Waals surface area (Å²) in [5.41, 5.74) is 6.27. The van der Waals surface area contributed by atoms with Gasteiger partial charge in [0.05, 0.1) is 17.5 Å². The van der Waals surface area contributed by atoms with Gasteiger partial charge in [-0.1, -0.05) is 12.1 Å². The molecule has 0 saturated heterocycles. The summed E-state index contributed by atoms with van der Waals surface area (Å²) >= 11 is 0. The first kappa shape index (κ1) is 9.67. The second kappa shape index (κ2) is 4.10. The van der Waals surface area contributed by atoms with Crippen LogP contribution in [0.2, 0.25) is 0 Å². The molecule has 0 amide bonds. The van der Waals surface area contributed by atoms with Crippen LogP contribution < -0.4 is 10.5 Å². The quantitative estimate of drug-likeness (QED) is 0.766. The molecule has 0 aliphatic rings. The lowest BCUT2D eigenvalue weighted by atomic mass is 10.2. The van der Waals surface area contributed by atoms with Crippen molar-refractivity contribution in [3.05, 3.63) is 24.3 Å². The van der Waals surface area contributed by atoms with Gasteiger partial charge in [0.1, 0.15) is 6.61 Å². The van der Waals surface area contributed by atoms with Crippen LogP contribution in [0.5, 0.6) is 5.88 Å². The van der Waals surface area contributed by atoms with Gasteiger partial charge in [-0.15, -0.1) is 0 Å². The largest absolute Gasteiger partial charge is 0.475 e. The van der Waals surface area contributed by atoms with Crippen LogP contribution >= 0.6 is 0 Å². The minimum atomic E-state index is -0.0573. The van der Waals surface area contributed by atoms with Gasteiger partial charge < -0.3 is 15.6 Å². The number of ether oxygens (including phenoxy) is 1. The lowest BCUT2D eigenvalue weighted by molar-refractivity contribution is 0.198. The number of anilines is 1. The summed E-state index contributed by atoms with van der Waals surface area (Å²) in [6, 6.07) is 7.42. The third-order valence-electron chi connectivity index (χ3n) is 1.92. The highest BCUT2D eigenvalue weighted by molar-refractivity contribution is 5.84. The Morgan fingerprint density at radius 2 is 2.07 bits per heavy atom. The standard InChI is InChI=1S/C10H11N3O2/c11-10-12-8-4-2-1-3-7(8)9(13-10)15-6-5-14/h1-4,14H,5-6H2,(H2,11,12,13). The molecule has 1 heterocycles. The average Bonchev–Trinajstić information content (AvgIpc) is 2.25. The molecule has 2 rings (SSSR count). The smallest absolute Gasteiger partial charge is 0.226 e. The molecule has 0 aliphatic carbocycles. The Morgan fingerprint density at radius 3 is 2.87 bits per heavy atom. The predicted octanol–water partition coefficient (Wildman–Crippen LogP) is 0.583. The van der Waals surface area contributed by atoms with Crippen molar-refractivity contribution < 1.29 is 9.84 Å². The molecule has 78 valence electrons. The predicted molar refractivity (Wildman–Crippen MR) is 56.5 cm³/mol. The molecule has 5 nitrogen and oxygen atoms in total. The second-order valence-corrected chi connectivity index (χ2v) is 2.98. The minimum absolute atomic E-state index is 0.0573. The van der Waals surface area contributed by atoms with E-state index in [1.807, 2.05) is 24.3 Å². The molecule has 15 heavy (non-hydrogen) atoms. The maximum Gasteiger partial charge on any atom is 0.226 e. The van der Waals surface area contributed by atoms with Crippen molar-refractivity contribution in [2.24, 2.45) is 0 Å². The number of aliphatic hydroxyl groups excluding tert-OH is 1. The van der Waals surface area contributed by atoms with Crippen molar-refractivity contribution in [2.75, 3.05) is 18.9 Å². The molecular weight excluding hydrogens is 194 g/mol. The molecule has 1 aromatic heterocycles. The summed E-state index contributed by atoms with van der Waals surface area (Å²) in [4.78, 5) is 8.04. The van der Waals surface area contributed by atoms with Crippen LogP contribution in [-0.2, 0) is 0 Å². The second-order valence-electron chi connectivity index (χ2n) is 2.98. The fourth-order valence-electron chi connectivity index (χ4n) is 1.32. The SMILES string of the molecule is Nc1nc(OCCO)c2ccccc2n1. The van der Waals surface area contributed by atoms with E-state index in [0.29, 0.717) is 5.88 Å². The Balaban J connectivity index is 2.50. The number of aliphatic hydroxyl groups is 1. The topological polar surface area (TPSA) is 81.3 Å². The third-order valence-corrected chi connectivity index (χ3v) is 1.92. The summed E-state index contributed by atoms with van der Waals surface area (Å²) in [5, 5.41) is 9.46. The van der Waals surface area contributed by atoms with Crippen LogP contribution in [0.15, 0.2) is 24.3 Å². The fraction of sp³-hybridized carbons (Fsp3) is 0.200. The van der Waals surface area contributed by atoms with Crippen molar-refractivity contribution in [3.63, 3.8) is 0 Å². The summed E-state index contributed by atoms with van der Waals surface area (Å²) < 4.78 is 5.27. The van der Waals surface area contributed by atoms with Crippen molar-refractivity contribution in [1.29, 1.82) is 0 Å².